The predicted molar refractivity (Wildman–Crippen MR) is 169 cm³/mol. The van der Waals surface area contributed by atoms with Crippen LogP contribution in [0.25, 0.3) is 0 Å². The molecule has 0 bridgehead atoms. The van der Waals surface area contributed by atoms with Gasteiger partial charge in [-0.05, 0) is 36.1 Å². The average Bonchev–Trinajstić information content (AvgIpc) is 3.03. The van der Waals surface area contributed by atoms with Crippen molar-refractivity contribution in [2.75, 3.05) is 39.3 Å². The van der Waals surface area contributed by atoms with Crippen molar-refractivity contribution >= 4 is 35.5 Å². The number of aliphatic carboxylic acids is 4. The van der Waals surface area contributed by atoms with Gasteiger partial charge >= 0.3 is 23.9 Å². The predicted octanol–water partition coefficient (Wildman–Crippen LogP) is 4.82. The van der Waals surface area contributed by atoms with E-state index in [1.165, 1.54) is 50.8 Å². The third-order valence-electron chi connectivity index (χ3n) is 7.20. The van der Waals surface area contributed by atoms with E-state index in [1.807, 2.05) is 18.2 Å². The molecule has 2 aliphatic rings. The van der Waals surface area contributed by atoms with Gasteiger partial charge < -0.3 is 25.2 Å². The van der Waals surface area contributed by atoms with Crippen molar-refractivity contribution in [1.82, 2.24) is 9.80 Å². The second-order valence-electron chi connectivity index (χ2n) is 10.4. The van der Waals surface area contributed by atoms with E-state index in [-0.39, 0.29) is 6.10 Å². The number of ether oxygens (including phenoxy) is 1. The van der Waals surface area contributed by atoms with Crippen LogP contribution in [0.15, 0.2) is 78.9 Å². The minimum atomic E-state index is -1.26. The van der Waals surface area contributed by atoms with Crippen molar-refractivity contribution < 1.29 is 44.3 Å². The molecule has 0 amide bonds. The number of rotatable bonds is 11. The van der Waals surface area contributed by atoms with Gasteiger partial charge in [0.15, 0.2) is 0 Å². The van der Waals surface area contributed by atoms with E-state index >= 15 is 0 Å². The standard InChI is InChI=1S/C25H33ClN2O.2C4H4O4/c26-23-13-11-22(12-14-23)25(21-7-3-1-4-8-21)29-20-19-27-15-17-28(18-16-27)24-9-5-2-6-10-24;2*5-3(6)1-2-4(7)8/h1,3-4,7-8,11-14,24-25H,2,5-6,9-10,15-20H2;2*1-2H,(H,5,6)(H,7,8)/b;2*2-1-. The molecular weight excluding hydrogens is 604 g/mol. The van der Waals surface area contributed by atoms with Crippen LogP contribution in [0, 0.1) is 0 Å². The minimum Gasteiger partial charge on any atom is -0.478 e. The van der Waals surface area contributed by atoms with Gasteiger partial charge in [-0.15, -0.1) is 0 Å². The molecule has 1 saturated carbocycles. The quantitative estimate of drug-likeness (QED) is 0.248. The molecule has 0 spiro atoms. The fraction of sp³-hybridized carbons (Fsp3) is 0.394. The third-order valence-corrected chi connectivity index (χ3v) is 7.45. The topological polar surface area (TPSA) is 165 Å². The number of nitrogens with zero attached hydrogens (tertiary/aromatic N) is 2. The van der Waals surface area contributed by atoms with Crippen molar-refractivity contribution in [2.24, 2.45) is 0 Å². The second kappa shape index (κ2) is 20.8. The maximum Gasteiger partial charge on any atom is 0.328 e. The Hall–Kier alpha value is -4.03. The first kappa shape index (κ1) is 37.2. The van der Waals surface area contributed by atoms with Crippen LogP contribution in [0.1, 0.15) is 49.3 Å². The van der Waals surface area contributed by atoms with Gasteiger partial charge in [0.25, 0.3) is 0 Å². The summed E-state index contributed by atoms with van der Waals surface area (Å²) in [7, 11) is 0. The van der Waals surface area contributed by atoms with Crippen LogP contribution >= 0.6 is 11.6 Å². The zero-order chi connectivity index (χ0) is 33.0. The molecule has 1 atom stereocenters. The molecule has 45 heavy (non-hydrogen) atoms. The summed E-state index contributed by atoms with van der Waals surface area (Å²) in [6.45, 7) is 6.49. The van der Waals surface area contributed by atoms with E-state index in [2.05, 4.69) is 46.2 Å². The molecule has 12 heteroatoms. The van der Waals surface area contributed by atoms with Gasteiger partial charge in [0.1, 0.15) is 6.10 Å². The van der Waals surface area contributed by atoms with Gasteiger partial charge in [0, 0.05) is 68.1 Å². The van der Waals surface area contributed by atoms with E-state index in [1.54, 1.807) is 0 Å². The number of hydrogen-bond donors (Lipinski definition) is 4. The van der Waals surface area contributed by atoms with Gasteiger partial charge in [-0.3, -0.25) is 9.80 Å². The highest BCUT2D eigenvalue weighted by Gasteiger charge is 2.25. The summed E-state index contributed by atoms with van der Waals surface area (Å²) in [6.07, 6.45) is 9.27. The van der Waals surface area contributed by atoms with E-state index in [4.69, 9.17) is 36.8 Å². The van der Waals surface area contributed by atoms with Crippen molar-refractivity contribution in [1.29, 1.82) is 0 Å². The van der Waals surface area contributed by atoms with Gasteiger partial charge in [-0.2, -0.15) is 0 Å². The number of piperazine rings is 1. The molecule has 0 radical (unpaired) electrons. The van der Waals surface area contributed by atoms with Crippen LogP contribution in [0.4, 0.5) is 0 Å². The van der Waals surface area contributed by atoms with E-state index in [0.29, 0.717) is 24.3 Å². The van der Waals surface area contributed by atoms with Crippen LogP contribution < -0.4 is 0 Å². The third kappa shape index (κ3) is 16.0. The molecule has 4 N–H and O–H groups in total. The lowest BCUT2D eigenvalue weighted by atomic mass is 9.94. The van der Waals surface area contributed by atoms with Crippen LogP contribution in [0.5, 0.6) is 0 Å². The summed E-state index contributed by atoms with van der Waals surface area (Å²) < 4.78 is 6.40. The van der Waals surface area contributed by atoms with Crippen LogP contribution in [-0.4, -0.2) is 99.5 Å². The van der Waals surface area contributed by atoms with E-state index in [9.17, 15) is 19.2 Å². The van der Waals surface area contributed by atoms with Crippen molar-refractivity contribution in [3.8, 4) is 0 Å². The molecule has 2 fully saturated rings. The summed E-state index contributed by atoms with van der Waals surface area (Å²) in [4.78, 5) is 43.5. The first-order chi connectivity index (χ1) is 21.5. The van der Waals surface area contributed by atoms with Gasteiger partial charge in [0.05, 0.1) is 6.61 Å². The molecule has 11 nitrogen and oxygen atoms in total. The van der Waals surface area contributed by atoms with E-state index in [0.717, 1.165) is 42.9 Å². The maximum atomic E-state index is 9.55. The molecule has 1 aliphatic carbocycles. The Morgan fingerprint density at radius 1 is 0.711 bits per heavy atom. The lowest BCUT2D eigenvalue weighted by Crippen LogP contribution is -2.51. The van der Waals surface area contributed by atoms with Gasteiger partial charge in [-0.1, -0.05) is 73.3 Å². The van der Waals surface area contributed by atoms with Crippen molar-refractivity contribution in [3.63, 3.8) is 0 Å². The van der Waals surface area contributed by atoms with Crippen molar-refractivity contribution in [2.45, 2.75) is 44.2 Å². The molecule has 1 aliphatic heterocycles. The summed E-state index contributed by atoms with van der Waals surface area (Å²) in [5.74, 6) is -5.03. The Kier molecular flexibility index (Phi) is 17.2. The molecule has 2 aromatic rings. The number of carboxylic acids is 4. The van der Waals surface area contributed by atoms with Crippen LogP contribution in [0.2, 0.25) is 5.02 Å². The number of halogens is 1. The monoisotopic (exact) mass is 644 g/mol. The van der Waals surface area contributed by atoms with Crippen molar-refractivity contribution in [3.05, 3.63) is 95.1 Å². The number of carbonyl (C=O) groups is 4. The fourth-order valence-corrected chi connectivity index (χ4v) is 5.16. The highest BCUT2D eigenvalue weighted by atomic mass is 35.5. The molecule has 0 aromatic heterocycles. The molecule has 1 saturated heterocycles. The molecule has 1 heterocycles. The second-order valence-corrected chi connectivity index (χ2v) is 10.8. The highest BCUT2D eigenvalue weighted by Crippen LogP contribution is 2.27. The first-order valence-corrected chi connectivity index (χ1v) is 15.1. The Labute approximate surface area is 268 Å². The lowest BCUT2D eigenvalue weighted by molar-refractivity contribution is -0.134. The van der Waals surface area contributed by atoms with Crippen LogP contribution in [-0.2, 0) is 23.9 Å². The smallest absolute Gasteiger partial charge is 0.328 e. The number of benzene rings is 2. The summed E-state index contributed by atoms with van der Waals surface area (Å²) in [6, 6.07) is 19.4. The fourth-order valence-electron chi connectivity index (χ4n) is 5.03. The highest BCUT2D eigenvalue weighted by molar-refractivity contribution is 6.30. The first-order valence-electron chi connectivity index (χ1n) is 14.7. The SMILES string of the molecule is Clc1ccc(C(OCCN2CCN(C3CCCCC3)CC2)c2ccccc2)cc1.O=C(O)/C=C\C(=O)O.O=C(O)/C=C\C(=O)O. The lowest BCUT2D eigenvalue weighted by Gasteiger charge is -2.40. The van der Waals surface area contributed by atoms with Gasteiger partial charge in [0.2, 0.25) is 0 Å². The average molecular weight is 645 g/mol. The molecule has 4 rings (SSSR count). The molecule has 2 aromatic carbocycles. The summed E-state index contributed by atoms with van der Waals surface area (Å²) in [5, 5.41) is 32.0. The summed E-state index contributed by atoms with van der Waals surface area (Å²) in [5.41, 5.74) is 2.35. The maximum absolute atomic E-state index is 9.55. The Morgan fingerprint density at radius 2 is 1.18 bits per heavy atom. The Morgan fingerprint density at radius 3 is 1.64 bits per heavy atom. The summed E-state index contributed by atoms with van der Waals surface area (Å²) >= 11 is 6.08. The minimum absolute atomic E-state index is 0.0444. The van der Waals surface area contributed by atoms with E-state index < -0.39 is 23.9 Å². The number of hydrogen-bond acceptors (Lipinski definition) is 7. The molecule has 1 unspecified atom stereocenters. The molecule has 244 valence electrons. The largest absolute Gasteiger partial charge is 0.478 e. The Bertz CT molecular complexity index is 1190. The van der Waals surface area contributed by atoms with Gasteiger partial charge in [-0.25, -0.2) is 19.2 Å². The zero-order valence-electron chi connectivity index (χ0n) is 25.0. The Balaban J connectivity index is 0.000000365. The zero-order valence-corrected chi connectivity index (χ0v) is 25.8. The number of carboxylic acid groups (broad SMARTS) is 4. The molecular formula is C33H41ClN2O9. The normalized spacial score (nSPS) is 16.6. The van der Waals surface area contributed by atoms with Crippen LogP contribution in [0.3, 0.4) is 0 Å².